The van der Waals surface area contributed by atoms with E-state index in [1.165, 1.54) is 17.4 Å². The molecule has 0 aliphatic carbocycles. The van der Waals surface area contributed by atoms with Crippen molar-refractivity contribution in [2.45, 2.75) is 0 Å². The van der Waals surface area contributed by atoms with Crippen molar-refractivity contribution < 1.29 is 4.39 Å². The van der Waals surface area contributed by atoms with Crippen LogP contribution in [0.25, 0.3) is 21.1 Å². The summed E-state index contributed by atoms with van der Waals surface area (Å²) < 4.78 is 13.6. The summed E-state index contributed by atoms with van der Waals surface area (Å²) in [7, 11) is 0. The van der Waals surface area contributed by atoms with Crippen LogP contribution in [0.3, 0.4) is 0 Å². The maximum absolute atomic E-state index is 13.6. The predicted molar refractivity (Wildman–Crippen MR) is 70.7 cm³/mol. The molecule has 0 N–H and O–H groups in total. The van der Waals surface area contributed by atoms with Gasteiger partial charge in [-0.2, -0.15) is 0 Å². The van der Waals surface area contributed by atoms with Crippen molar-refractivity contribution in [1.82, 2.24) is 10.2 Å². The highest BCUT2D eigenvalue weighted by Gasteiger charge is 2.11. The smallest absolute Gasteiger partial charge is 0.151 e. The van der Waals surface area contributed by atoms with E-state index in [1.807, 2.05) is 30.3 Å². The third kappa shape index (κ3) is 2.02. The van der Waals surface area contributed by atoms with Crippen molar-refractivity contribution >= 4 is 11.3 Å². The molecular formula is C14H9FN2S. The number of aromatic nitrogens is 2. The zero-order chi connectivity index (χ0) is 12.4. The lowest BCUT2D eigenvalue weighted by atomic mass is 10.2. The maximum Gasteiger partial charge on any atom is 0.151 e. The van der Waals surface area contributed by atoms with E-state index in [0.717, 1.165) is 10.6 Å². The molecule has 0 saturated heterocycles. The summed E-state index contributed by atoms with van der Waals surface area (Å²) in [6, 6.07) is 16.4. The highest BCUT2D eigenvalue weighted by Crippen LogP contribution is 2.30. The van der Waals surface area contributed by atoms with Crippen molar-refractivity contribution in [3.05, 3.63) is 60.4 Å². The van der Waals surface area contributed by atoms with Crippen LogP contribution in [0, 0.1) is 5.82 Å². The fourth-order valence-electron chi connectivity index (χ4n) is 1.66. The molecule has 3 aromatic rings. The summed E-state index contributed by atoms with van der Waals surface area (Å²) in [6.07, 6.45) is 0. The second kappa shape index (κ2) is 4.66. The van der Waals surface area contributed by atoms with E-state index in [-0.39, 0.29) is 5.82 Å². The molecule has 0 atom stereocenters. The van der Waals surface area contributed by atoms with Gasteiger partial charge in [-0.15, -0.1) is 10.2 Å². The number of hydrogen-bond donors (Lipinski definition) is 0. The zero-order valence-electron chi connectivity index (χ0n) is 9.38. The van der Waals surface area contributed by atoms with E-state index in [2.05, 4.69) is 10.2 Å². The molecule has 2 nitrogen and oxygen atoms in total. The van der Waals surface area contributed by atoms with Crippen molar-refractivity contribution in [2.75, 3.05) is 0 Å². The molecule has 18 heavy (non-hydrogen) atoms. The molecule has 4 heteroatoms. The molecule has 0 unspecified atom stereocenters. The molecule has 0 aliphatic rings. The van der Waals surface area contributed by atoms with Crippen LogP contribution in [0.2, 0.25) is 0 Å². The largest absolute Gasteiger partial charge is 0.206 e. The summed E-state index contributed by atoms with van der Waals surface area (Å²) in [5.41, 5.74) is 1.50. The number of nitrogens with zero attached hydrogens (tertiary/aromatic N) is 2. The van der Waals surface area contributed by atoms with E-state index in [0.29, 0.717) is 10.6 Å². The SMILES string of the molecule is Fc1ccccc1-c1nnc(-c2ccccc2)s1. The van der Waals surface area contributed by atoms with E-state index in [9.17, 15) is 4.39 Å². The van der Waals surface area contributed by atoms with Crippen molar-refractivity contribution in [3.8, 4) is 21.1 Å². The molecular weight excluding hydrogens is 247 g/mol. The van der Waals surface area contributed by atoms with Gasteiger partial charge in [0.25, 0.3) is 0 Å². The van der Waals surface area contributed by atoms with Gasteiger partial charge in [-0.25, -0.2) is 4.39 Å². The second-order valence-corrected chi connectivity index (χ2v) is 4.74. The number of halogens is 1. The van der Waals surface area contributed by atoms with Crippen LogP contribution < -0.4 is 0 Å². The lowest BCUT2D eigenvalue weighted by Gasteiger charge is -1.96. The topological polar surface area (TPSA) is 25.8 Å². The lowest BCUT2D eigenvalue weighted by Crippen LogP contribution is -1.81. The Morgan fingerprint density at radius 3 is 2.22 bits per heavy atom. The molecule has 0 fully saturated rings. The van der Waals surface area contributed by atoms with Gasteiger partial charge >= 0.3 is 0 Å². The molecule has 0 aliphatic heterocycles. The summed E-state index contributed by atoms with van der Waals surface area (Å²) >= 11 is 1.39. The molecule has 0 radical (unpaired) electrons. The van der Waals surface area contributed by atoms with E-state index < -0.39 is 0 Å². The van der Waals surface area contributed by atoms with Gasteiger partial charge in [0.2, 0.25) is 0 Å². The normalized spacial score (nSPS) is 10.5. The Labute approximate surface area is 108 Å². The fraction of sp³-hybridized carbons (Fsp3) is 0. The average molecular weight is 256 g/mol. The first-order valence-corrected chi connectivity index (χ1v) is 6.30. The van der Waals surface area contributed by atoms with Crippen LogP contribution in [0.1, 0.15) is 0 Å². The highest BCUT2D eigenvalue weighted by molar-refractivity contribution is 7.17. The van der Waals surface area contributed by atoms with Gasteiger partial charge in [-0.3, -0.25) is 0 Å². The minimum absolute atomic E-state index is 0.270. The Morgan fingerprint density at radius 2 is 1.44 bits per heavy atom. The van der Waals surface area contributed by atoms with Gasteiger partial charge in [0.1, 0.15) is 10.8 Å². The molecule has 1 heterocycles. The molecule has 0 spiro atoms. The van der Waals surface area contributed by atoms with Gasteiger partial charge in [-0.05, 0) is 12.1 Å². The monoisotopic (exact) mass is 256 g/mol. The van der Waals surface area contributed by atoms with Gasteiger partial charge in [0, 0.05) is 11.1 Å². The third-order valence-electron chi connectivity index (χ3n) is 2.55. The maximum atomic E-state index is 13.6. The summed E-state index contributed by atoms with van der Waals surface area (Å²) in [5, 5.41) is 9.56. The standard InChI is InChI=1S/C14H9FN2S/c15-12-9-5-4-8-11(12)14-17-16-13(18-14)10-6-2-1-3-7-10/h1-9H. The predicted octanol–water partition coefficient (Wildman–Crippen LogP) is 4.01. The lowest BCUT2D eigenvalue weighted by molar-refractivity contribution is 0.631. The van der Waals surface area contributed by atoms with Crippen LogP contribution in [0.4, 0.5) is 4.39 Å². The van der Waals surface area contributed by atoms with Crippen LogP contribution in [0.5, 0.6) is 0 Å². The molecule has 2 aromatic carbocycles. The average Bonchev–Trinajstić information content (AvgIpc) is 2.90. The van der Waals surface area contributed by atoms with Crippen LogP contribution in [-0.4, -0.2) is 10.2 Å². The van der Waals surface area contributed by atoms with Crippen LogP contribution in [0.15, 0.2) is 54.6 Å². The quantitative estimate of drug-likeness (QED) is 0.692. The zero-order valence-corrected chi connectivity index (χ0v) is 10.2. The van der Waals surface area contributed by atoms with Gasteiger partial charge in [-0.1, -0.05) is 53.8 Å². The molecule has 1 aromatic heterocycles. The van der Waals surface area contributed by atoms with Crippen LogP contribution >= 0.6 is 11.3 Å². The van der Waals surface area contributed by atoms with Gasteiger partial charge < -0.3 is 0 Å². The van der Waals surface area contributed by atoms with Crippen molar-refractivity contribution in [1.29, 1.82) is 0 Å². The number of rotatable bonds is 2. The summed E-state index contributed by atoms with van der Waals surface area (Å²) in [5.74, 6) is -0.270. The number of hydrogen-bond acceptors (Lipinski definition) is 3. The summed E-state index contributed by atoms with van der Waals surface area (Å²) in [4.78, 5) is 0. The first-order valence-electron chi connectivity index (χ1n) is 5.48. The molecule has 0 amide bonds. The Bertz CT molecular complexity index is 664. The first kappa shape index (κ1) is 11.0. The van der Waals surface area contributed by atoms with Gasteiger partial charge in [0.15, 0.2) is 5.01 Å². The second-order valence-electron chi connectivity index (χ2n) is 3.76. The van der Waals surface area contributed by atoms with E-state index in [4.69, 9.17) is 0 Å². The van der Waals surface area contributed by atoms with Gasteiger partial charge in [0.05, 0.1) is 0 Å². The molecule has 3 rings (SSSR count). The number of benzene rings is 2. The van der Waals surface area contributed by atoms with Crippen molar-refractivity contribution in [2.24, 2.45) is 0 Å². The van der Waals surface area contributed by atoms with E-state index in [1.54, 1.807) is 18.2 Å². The minimum atomic E-state index is -0.270. The Morgan fingerprint density at radius 1 is 0.778 bits per heavy atom. The Hall–Kier alpha value is -2.07. The van der Waals surface area contributed by atoms with Crippen molar-refractivity contribution in [3.63, 3.8) is 0 Å². The first-order chi connectivity index (χ1) is 8.84. The molecule has 88 valence electrons. The van der Waals surface area contributed by atoms with E-state index >= 15 is 0 Å². The molecule has 0 saturated carbocycles. The Kier molecular flexibility index (Phi) is 2.86. The third-order valence-corrected chi connectivity index (χ3v) is 3.56. The fourth-order valence-corrected chi connectivity index (χ4v) is 2.54. The molecule has 0 bridgehead atoms. The summed E-state index contributed by atoms with van der Waals surface area (Å²) in [6.45, 7) is 0. The Balaban J connectivity index is 2.03. The highest BCUT2D eigenvalue weighted by atomic mass is 32.1. The van der Waals surface area contributed by atoms with Crippen LogP contribution in [-0.2, 0) is 0 Å². The minimum Gasteiger partial charge on any atom is -0.206 e.